The Morgan fingerprint density at radius 3 is 2.77 bits per heavy atom. The molecule has 2 aliphatic heterocycles. The summed E-state index contributed by atoms with van der Waals surface area (Å²) >= 11 is 6.23. The number of nitrogens with one attached hydrogen (secondary N) is 1. The van der Waals surface area contributed by atoms with Crippen molar-refractivity contribution < 1.29 is 24.2 Å². The number of hydrogen-bond donors (Lipinski definition) is 3. The average Bonchev–Trinajstić information content (AvgIpc) is 2.96. The van der Waals surface area contributed by atoms with E-state index >= 15 is 0 Å². The maximum Gasteiger partial charge on any atom is 0.255 e. The van der Waals surface area contributed by atoms with E-state index in [1.165, 1.54) is 6.07 Å². The van der Waals surface area contributed by atoms with E-state index in [0.29, 0.717) is 50.6 Å². The highest BCUT2D eigenvalue weighted by Gasteiger charge is 2.29. The van der Waals surface area contributed by atoms with Crippen molar-refractivity contribution in [2.45, 2.75) is 38.7 Å². The summed E-state index contributed by atoms with van der Waals surface area (Å²) in [6.45, 7) is 4.97. The molecule has 2 atom stereocenters. The molecule has 0 spiro atoms. The number of carbonyl (C=O) groups is 2. The fraction of sp³-hybridized carbons (Fsp3) is 0.619. The van der Waals surface area contributed by atoms with E-state index < -0.39 is 6.10 Å². The van der Waals surface area contributed by atoms with Gasteiger partial charge in [-0.2, -0.15) is 0 Å². The van der Waals surface area contributed by atoms with E-state index in [9.17, 15) is 14.7 Å². The van der Waals surface area contributed by atoms with E-state index in [4.69, 9.17) is 26.8 Å². The van der Waals surface area contributed by atoms with Gasteiger partial charge in [0, 0.05) is 31.8 Å². The molecule has 0 aliphatic carbocycles. The van der Waals surface area contributed by atoms with Gasteiger partial charge in [-0.1, -0.05) is 11.6 Å². The summed E-state index contributed by atoms with van der Waals surface area (Å²) in [5.41, 5.74) is 6.49. The normalized spacial score (nSPS) is 21.7. The summed E-state index contributed by atoms with van der Waals surface area (Å²) in [7, 11) is 0. The Kier molecular flexibility index (Phi) is 7.80. The number of rotatable bonds is 7. The zero-order valence-electron chi connectivity index (χ0n) is 17.3. The number of amides is 1. The first kappa shape index (κ1) is 22.7. The third-order valence-electron chi connectivity index (χ3n) is 5.56. The number of aliphatic hydroxyl groups is 1. The minimum absolute atomic E-state index is 0.0431. The van der Waals surface area contributed by atoms with E-state index in [2.05, 4.69) is 10.2 Å². The highest BCUT2D eigenvalue weighted by Crippen LogP contribution is 2.43. The molecule has 8 nitrogen and oxygen atoms in total. The maximum atomic E-state index is 12.8. The number of carbonyl (C=O) groups excluding carboxylic acids is 2. The Labute approximate surface area is 181 Å². The summed E-state index contributed by atoms with van der Waals surface area (Å²) in [5.74, 6) is 0.418. The van der Waals surface area contributed by atoms with Crippen molar-refractivity contribution in [3.63, 3.8) is 0 Å². The molecular formula is C21H30ClN3O5. The van der Waals surface area contributed by atoms with Crippen LogP contribution in [0.15, 0.2) is 6.07 Å². The molecule has 2 aliphatic rings. The van der Waals surface area contributed by atoms with Gasteiger partial charge in [-0.15, -0.1) is 0 Å². The molecule has 3 rings (SSSR count). The van der Waals surface area contributed by atoms with Gasteiger partial charge in [0.05, 0.1) is 30.6 Å². The third-order valence-corrected chi connectivity index (χ3v) is 5.95. The Bertz CT molecular complexity index is 788. The number of β-amino-alcohol motifs (C(OH)–C–C–N with tert-alkyl or cyclic N) is 1. The van der Waals surface area contributed by atoms with Gasteiger partial charge in [-0.3, -0.25) is 4.79 Å². The fourth-order valence-corrected chi connectivity index (χ4v) is 4.04. The van der Waals surface area contributed by atoms with Gasteiger partial charge < -0.3 is 35.3 Å². The van der Waals surface area contributed by atoms with Gasteiger partial charge in [-0.25, -0.2) is 0 Å². The van der Waals surface area contributed by atoms with Crippen LogP contribution in [0.2, 0.25) is 5.02 Å². The van der Waals surface area contributed by atoms with Crippen molar-refractivity contribution in [2.24, 2.45) is 5.92 Å². The number of hydrogen-bond acceptors (Lipinski definition) is 7. The molecule has 1 fully saturated rings. The number of ketones is 1. The topological polar surface area (TPSA) is 114 Å². The first-order valence-electron chi connectivity index (χ1n) is 10.4. The number of Topliss-reactive ketones (excluding diaryl/α,β-unsaturated/α-hetero) is 1. The molecule has 0 saturated carbocycles. The quantitative estimate of drug-likeness (QED) is 0.555. The molecule has 0 bridgehead atoms. The van der Waals surface area contributed by atoms with Crippen molar-refractivity contribution in [1.82, 2.24) is 10.2 Å². The number of fused-ring (bicyclic) bond motifs is 1. The van der Waals surface area contributed by atoms with Crippen LogP contribution in [-0.2, 0) is 4.79 Å². The van der Waals surface area contributed by atoms with Crippen LogP contribution in [0, 0.1) is 5.92 Å². The molecule has 0 aromatic heterocycles. The number of piperidine rings is 1. The number of ether oxygens (including phenoxy) is 2. The molecule has 2 heterocycles. The molecule has 30 heavy (non-hydrogen) atoms. The van der Waals surface area contributed by atoms with Crippen molar-refractivity contribution in [2.75, 3.05) is 45.1 Å². The first-order valence-corrected chi connectivity index (χ1v) is 10.8. The van der Waals surface area contributed by atoms with Crippen molar-refractivity contribution >= 4 is 29.0 Å². The molecule has 0 radical (unpaired) electrons. The van der Waals surface area contributed by atoms with Gasteiger partial charge in [0.15, 0.2) is 11.5 Å². The Morgan fingerprint density at radius 2 is 2.07 bits per heavy atom. The molecule has 1 unspecified atom stereocenters. The van der Waals surface area contributed by atoms with Crippen LogP contribution in [0.4, 0.5) is 5.69 Å². The number of anilines is 1. The standard InChI is InChI=1S/C21H30ClN3O5/c1-13(26)4-2-6-25-7-5-14(17(27)12-25)11-24-21(28)15-10-16(23)18(22)20-19(15)29-8-3-9-30-20/h10,14,17,27H,2-9,11-12,23H2,1H3,(H,24,28)/t14-,17?/m0/s1. The van der Waals surface area contributed by atoms with Crippen LogP contribution in [-0.4, -0.2) is 67.2 Å². The Morgan fingerprint density at radius 1 is 1.33 bits per heavy atom. The summed E-state index contributed by atoms with van der Waals surface area (Å²) in [5, 5.41) is 13.6. The Balaban J connectivity index is 1.57. The minimum atomic E-state index is -0.539. The fourth-order valence-electron chi connectivity index (χ4n) is 3.84. The predicted octanol–water partition coefficient (Wildman–Crippen LogP) is 1.87. The van der Waals surface area contributed by atoms with Gasteiger partial charge in [0.2, 0.25) is 0 Å². The number of aliphatic hydroxyl groups excluding tert-OH is 1. The lowest BCUT2D eigenvalue weighted by atomic mass is 9.93. The van der Waals surface area contributed by atoms with E-state index in [0.717, 1.165) is 25.9 Å². The second kappa shape index (κ2) is 10.3. The molecule has 4 N–H and O–H groups in total. The monoisotopic (exact) mass is 439 g/mol. The minimum Gasteiger partial charge on any atom is -0.489 e. The SMILES string of the molecule is CC(=O)CCCN1CC[C@@H](CNC(=O)c2cc(N)c(Cl)c3c2OCCCO3)C(O)C1. The number of benzene rings is 1. The number of halogens is 1. The molecule has 1 aromatic carbocycles. The van der Waals surface area contributed by atoms with Crippen molar-refractivity contribution in [3.05, 3.63) is 16.7 Å². The van der Waals surface area contributed by atoms with Gasteiger partial charge >= 0.3 is 0 Å². The summed E-state index contributed by atoms with van der Waals surface area (Å²) < 4.78 is 11.3. The van der Waals surface area contributed by atoms with Gasteiger partial charge in [-0.05, 0) is 38.9 Å². The second-order valence-electron chi connectivity index (χ2n) is 7.97. The van der Waals surface area contributed by atoms with Crippen molar-refractivity contribution in [3.8, 4) is 11.5 Å². The zero-order valence-corrected chi connectivity index (χ0v) is 18.0. The Hall–Kier alpha value is -2.03. The number of nitrogen functional groups attached to an aromatic ring is 1. The number of nitrogens with two attached hydrogens (primary N) is 1. The lowest BCUT2D eigenvalue weighted by Crippen LogP contribution is -2.47. The van der Waals surface area contributed by atoms with Crippen LogP contribution in [0.5, 0.6) is 11.5 Å². The van der Waals surface area contributed by atoms with Crippen molar-refractivity contribution in [1.29, 1.82) is 0 Å². The third kappa shape index (κ3) is 5.56. The lowest BCUT2D eigenvalue weighted by molar-refractivity contribution is -0.117. The number of nitrogens with zero attached hydrogens (tertiary/aromatic N) is 1. The van der Waals surface area contributed by atoms with E-state index in [1.807, 2.05) is 0 Å². The second-order valence-corrected chi connectivity index (χ2v) is 8.35. The predicted molar refractivity (Wildman–Crippen MR) is 114 cm³/mol. The van der Waals surface area contributed by atoms with Crippen LogP contribution < -0.4 is 20.5 Å². The van der Waals surface area contributed by atoms with Crippen LogP contribution in [0.3, 0.4) is 0 Å². The average molecular weight is 440 g/mol. The number of likely N-dealkylation sites (tertiary alicyclic amines) is 1. The first-order chi connectivity index (χ1) is 14.4. The summed E-state index contributed by atoms with van der Waals surface area (Å²) in [6.07, 6.45) is 2.27. The highest BCUT2D eigenvalue weighted by molar-refractivity contribution is 6.35. The zero-order chi connectivity index (χ0) is 21.7. The smallest absolute Gasteiger partial charge is 0.255 e. The van der Waals surface area contributed by atoms with Crippen LogP contribution in [0.1, 0.15) is 43.0 Å². The summed E-state index contributed by atoms with van der Waals surface area (Å²) in [6, 6.07) is 1.50. The van der Waals surface area contributed by atoms with E-state index in [1.54, 1.807) is 6.92 Å². The molecule has 1 saturated heterocycles. The molecule has 9 heteroatoms. The van der Waals surface area contributed by atoms with Gasteiger partial charge in [0.25, 0.3) is 5.91 Å². The van der Waals surface area contributed by atoms with Crippen LogP contribution in [0.25, 0.3) is 0 Å². The molecule has 166 valence electrons. The lowest BCUT2D eigenvalue weighted by Gasteiger charge is -2.36. The molecular weight excluding hydrogens is 410 g/mol. The van der Waals surface area contributed by atoms with E-state index in [-0.39, 0.29) is 33.9 Å². The summed E-state index contributed by atoms with van der Waals surface area (Å²) in [4.78, 5) is 26.1. The molecule has 1 aromatic rings. The highest BCUT2D eigenvalue weighted by atomic mass is 35.5. The van der Waals surface area contributed by atoms with Crippen LogP contribution >= 0.6 is 11.6 Å². The molecule has 1 amide bonds. The maximum absolute atomic E-state index is 12.8. The largest absolute Gasteiger partial charge is 0.489 e. The van der Waals surface area contributed by atoms with Gasteiger partial charge in [0.1, 0.15) is 10.8 Å².